The molecule has 2 rings (SSSR count). The lowest BCUT2D eigenvalue weighted by Gasteiger charge is -2.21. The Morgan fingerprint density at radius 2 is 1.78 bits per heavy atom. The van der Waals surface area contributed by atoms with Crippen molar-refractivity contribution in [1.82, 2.24) is 15.1 Å². The van der Waals surface area contributed by atoms with E-state index >= 15 is 0 Å². The highest BCUT2D eigenvalue weighted by atomic mass is 16.2. The van der Waals surface area contributed by atoms with Crippen molar-refractivity contribution in [3.05, 3.63) is 47.7 Å². The molecule has 0 aliphatic heterocycles. The number of hydrogen-bond acceptors (Lipinski definition) is 3. The van der Waals surface area contributed by atoms with Crippen molar-refractivity contribution in [2.75, 3.05) is 5.32 Å². The lowest BCUT2D eigenvalue weighted by molar-refractivity contribution is -0.118. The topological polar surface area (TPSA) is 76.0 Å². The van der Waals surface area contributed by atoms with Crippen molar-refractivity contribution in [2.45, 2.75) is 26.8 Å². The molecule has 0 aliphatic carbocycles. The van der Waals surface area contributed by atoms with Crippen LogP contribution >= 0.6 is 0 Å². The van der Waals surface area contributed by atoms with E-state index in [2.05, 4.69) is 15.7 Å². The van der Waals surface area contributed by atoms with Crippen LogP contribution in [0.5, 0.6) is 0 Å². The molecule has 0 unspecified atom stereocenters. The Morgan fingerprint density at radius 1 is 1.13 bits per heavy atom. The Morgan fingerprint density at radius 3 is 2.30 bits per heavy atom. The SMILES string of the molecule is Cc1ccc(C(=O)N[C@H](C(=O)Nc2ccn(C)n2)C(C)C)cc1. The number of carbonyl (C=O) groups excluding carboxylic acids is 2. The number of aromatic nitrogens is 2. The van der Waals surface area contributed by atoms with Crippen molar-refractivity contribution in [2.24, 2.45) is 13.0 Å². The van der Waals surface area contributed by atoms with Crippen LogP contribution in [0.1, 0.15) is 29.8 Å². The number of carbonyl (C=O) groups is 2. The number of nitrogens with zero attached hydrogens (tertiary/aromatic N) is 2. The van der Waals surface area contributed by atoms with Gasteiger partial charge < -0.3 is 10.6 Å². The molecule has 0 aliphatic rings. The van der Waals surface area contributed by atoms with Gasteiger partial charge in [0.05, 0.1) is 0 Å². The first-order valence-electron chi connectivity index (χ1n) is 7.55. The molecule has 2 aromatic rings. The smallest absolute Gasteiger partial charge is 0.251 e. The summed E-state index contributed by atoms with van der Waals surface area (Å²) in [6.45, 7) is 5.73. The Labute approximate surface area is 135 Å². The van der Waals surface area contributed by atoms with E-state index in [4.69, 9.17) is 0 Å². The van der Waals surface area contributed by atoms with Gasteiger partial charge in [-0.15, -0.1) is 0 Å². The maximum atomic E-state index is 12.4. The summed E-state index contributed by atoms with van der Waals surface area (Å²) < 4.78 is 1.60. The summed E-state index contributed by atoms with van der Waals surface area (Å²) in [7, 11) is 1.77. The van der Waals surface area contributed by atoms with Crippen LogP contribution in [0.15, 0.2) is 36.5 Å². The third-order valence-corrected chi connectivity index (χ3v) is 3.51. The van der Waals surface area contributed by atoms with E-state index in [1.54, 1.807) is 36.1 Å². The summed E-state index contributed by atoms with van der Waals surface area (Å²) in [6.07, 6.45) is 1.74. The molecule has 1 aromatic carbocycles. The van der Waals surface area contributed by atoms with E-state index in [1.165, 1.54) is 0 Å². The average molecular weight is 314 g/mol. The van der Waals surface area contributed by atoms with E-state index in [9.17, 15) is 9.59 Å². The Bertz CT molecular complexity index is 689. The molecule has 23 heavy (non-hydrogen) atoms. The summed E-state index contributed by atoms with van der Waals surface area (Å²) in [5, 5.41) is 9.63. The van der Waals surface area contributed by atoms with Crippen LogP contribution in [-0.2, 0) is 11.8 Å². The predicted octanol–water partition coefficient (Wildman–Crippen LogP) is 2.12. The first-order valence-corrected chi connectivity index (χ1v) is 7.55. The molecule has 2 N–H and O–H groups in total. The summed E-state index contributed by atoms with van der Waals surface area (Å²) in [5.74, 6) is -0.125. The fraction of sp³-hybridized carbons (Fsp3) is 0.353. The normalized spacial score (nSPS) is 12.0. The molecule has 0 spiro atoms. The molecule has 0 radical (unpaired) electrons. The van der Waals surface area contributed by atoms with Gasteiger partial charge in [-0.25, -0.2) is 0 Å². The first kappa shape index (κ1) is 16.7. The van der Waals surface area contributed by atoms with Gasteiger partial charge in [-0.3, -0.25) is 14.3 Å². The molecular formula is C17H22N4O2. The summed E-state index contributed by atoms with van der Waals surface area (Å²) in [4.78, 5) is 24.7. The van der Waals surface area contributed by atoms with Crippen molar-refractivity contribution >= 4 is 17.6 Å². The highest BCUT2D eigenvalue weighted by Crippen LogP contribution is 2.09. The number of benzene rings is 1. The summed E-state index contributed by atoms with van der Waals surface area (Å²) in [6, 6.07) is 8.31. The highest BCUT2D eigenvalue weighted by Gasteiger charge is 2.25. The minimum absolute atomic E-state index is 0.0480. The van der Waals surface area contributed by atoms with Crippen LogP contribution in [0.3, 0.4) is 0 Å². The van der Waals surface area contributed by atoms with Gasteiger partial charge in [0.2, 0.25) is 5.91 Å². The third-order valence-electron chi connectivity index (χ3n) is 3.51. The largest absolute Gasteiger partial charge is 0.340 e. The predicted molar refractivity (Wildman–Crippen MR) is 89.1 cm³/mol. The van der Waals surface area contributed by atoms with Crippen LogP contribution in [-0.4, -0.2) is 27.6 Å². The second kappa shape index (κ2) is 7.09. The Balaban J connectivity index is 2.07. The molecule has 0 saturated heterocycles. The van der Waals surface area contributed by atoms with Gasteiger partial charge in [-0.05, 0) is 25.0 Å². The maximum absolute atomic E-state index is 12.4. The molecule has 0 saturated carbocycles. The molecule has 122 valence electrons. The van der Waals surface area contributed by atoms with Gasteiger partial charge in [0.25, 0.3) is 5.91 Å². The molecule has 6 nitrogen and oxygen atoms in total. The third kappa shape index (κ3) is 4.42. The molecule has 6 heteroatoms. The molecule has 1 heterocycles. The van der Waals surface area contributed by atoms with Gasteiger partial charge >= 0.3 is 0 Å². The van der Waals surface area contributed by atoms with Gasteiger partial charge in [0.1, 0.15) is 6.04 Å². The maximum Gasteiger partial charge on any atom is 0.251 e. The van der Waals surface area contributed by atoms with Crippen LogP contribution in [0, 0.1) is 12.8 Å². The van der Waals surface area contributed by atoms with Crippen molar-refractivity contribution in [1.29, 1.82) is 0 Å². The second-order valence-electron chi connectivity index (χ2n) is 5.93. The van der Waals surface area contributed by atoms with Crippen molar-refractivity contribution in [3.8, 4) is 0 Å². The van der Waals surface area contributed by atoms with Crippen LogP contribution in [0.2, 0.25) is 0 Å². The average Bonchev–Trinajstić information content (AvgIpc) is 2.89. The molecular weight excluding hydrogens is 292 g/mol. The number of nitrogens with one attached hydrogen (secondary N) is 2. The summed E-state index contributed by atoms with van der Waals surface area (Å²) >= 11 is 0. The lowest BCUT2D eigenvalue weighted by Crippen LogP contribution is -2.47. The van der Waals surface area contributed by atoms with Crippen molar-refractivity contribution in [3.63, 3.8) is 0 Å². The molecule has 2 amide bonds. The van der Waals surface area contributed by atoms with Gasteiger partial charge in [0.15, 0.2) is 5.82 Å². The lowest BCUT2D eigenvalue weighted by atomic mass is 10.0. The van der Waals surface area contributed by atoms with Crippen molar-refractivity contribution < 1.29 is 9.59 Å². The monoisotopic (exact) mass is 314 g/mol. The fourth-order valence-corrected chi connectivity index (χ4v) is 2.15. The highest BCUT2D eigenvalue weighted by molar-refractivity contribution is 6.00. The number of hydrogen-bond donors (Lipinski definition) is 2. The van der Waals surface area contributed by atoms with Crippen LogP contribution in [0.25, 0.3) is 0 Å². The van der Waals surface area contributed by atoms with Gasteiger partial charge in [0, 0.05) is 24.9 Å². The number of anilines is 1. The molecule has 1 aromatic heterocycles. The number of amides is 2. The fourth-order valence-electron chi connectivity index (χ4n) is 2.15. The zero-order chi connectivity index (χ0) is 17.0. The van der Waals surface area contributed by atoms with Gasteiger partial charge in [-0.2, -0.15) is 5.10 Å². The zero-order valence-corrected chi connectivity index (χ0v) is 13.8. The number of aryl methyl sites for hydroxylation is 2. The minimum Gasteiger partial charge on any atom is -0.340 e. The van der Waals surface area contributed by atoms with E-state index in [0.29, 0.717) is 11.4 Å². The molecule has 1 atom stereocenters. The molecule has 0 fully saturated rings. The number of rotatable bonds is 5. The Hall–Kier alpha value is -2.63. The second-order valence-corrected chi connectivity index (χ2v) is 5.93. The van der Waals surface area contributed by atoms with Gasteiger partial charge in [-0.1, -0.05) is 31.5 Å². The quantitative estimate of drug-likeness (QED) is 0.887. The molecule has 0 bridgehead atoms. The van der Waals surface area contributed by atoms with Crippen LogP contribution in [0.4, 0.5) is 5.82 Å². The van der Waals surface area contributed by atoms with E-state index in [-0.39, 0.29) is 17.7 Å². The Kier molecular flexibility index (Phi) is 5.16. The standard InChI is InChI=1S/C17H22N4O2/c1-11(2)15(17(23)18-14-9-10-21(4)20-14)19-16(22)13-7-5-12(3)6-8-13/h5-11,15H,1-4H3,(H,19,22)(H,18,20,23)/t15-/m0/s1. The summed E-state index contributed by atoms with van der Waals surface area (Å²) in [5.41, 5.74) is 1.61. The first-order chi connectivity index (χ1) is 10.9. The zero-order valence-electron chi connectivity index (χ0n) is 13.8. The van der Waals surface area contributed by atoms with Crippen LogP contribution < -0.4 is 10.6 Å². The minimum atomic E-state index is -0.634. The van der Waals surface area contributed by atoms with E-state index in [1.807, 2.05) is 32.9 Å². The van der Waals surface area contributed by atoms with E-state index < -0.39 is 6.04 Å². The van der Waals surface area contributed by atoms with E-state index in [0.717, 1.165) is 5.56 Å².